The van der Waals surface area contributed by atoms with Gasteiger partial charge in [-0.25, -0.2) is 9.97 Å². The standard InChI is InChI=1S/C34H47F3N6O3/c1-21(2)31(45)43(4)29-8-6-7-15-33(29)19-23(33)10-12-26-25(34(35,36)37)20-38-32(40-26)41-27-11-9-22(18-28(27)46-5)30(44)39-24-13-16-42(3)17-14-24/h9,11,18,20-21,23-24,29H,6-8,10,12-17,19H2,1-5H3,(H,39,44)(H,38,40,41)/t23-,29+,33-/m0/s1. The van der Waals surface area contributed by atoms with Crippen LogP contribution in [0.5, 0.6) is 5.75 Å². The number of benzene rings is 1. The number of rotatable bonds is 10. The summed E-state index contributed by atoms with van der Waals surface area (Å²) in [5, 5.41) is 6.08. The summed E-state index contributed by atoms with van der Waals surface area (Å²) in [6.07, 6.45) is 3.69. The molecule has 12 heteroatoms. The summed E-state index contributed by atoms with van der Waals surface area (Å²) in [6, 6.07) is 5.12. The van der Waals surface area contributed by atoms with Gasteiger partial charge in [0.15, 0.2) is 0 Å². The summed E-state index contributed by atoms with van der Waals surface area (Å²) >= 11 is 0. The highest BCUT2D eigenvalue weighted by Gasteiger charge is 2.60. The van der Waals surface area contributed by atoms with E-state index in [2.05, 4.69) is 32.5 Å². The van der Waals surface area contributed by atoms with Crippen molar-refractivity contribution in [3.05, 3.63) is 41.2 Å². The quantitative estimate of drug-likeness (QED) is 0.324. The van der Waals surface area contributed by atoms with E-state index in [4.69, 9.17) is 4.74 Å². The van der Waals surface area contributed by atoms with Crippen LogP contribution in [0.4, 0.5) is 24.8 Å². The normalized spacial score (nSPS) is 23.8. The summed E-state index contributed by atoms with van der Waals surface area (Å²) in [4.78, 5) is 38.2. The Morgan fingerprint density at radius 1 is 1.17 bits per heavy atom. The molecular weight excluding hydrogens is 597 g/mol. The van der Waals surface area contributed by atoms with Gasteiger partial charge in [0.05, 0.1) is 24.1 Å². The molecule has 3 atom stereocenters. The minimum atomic E-state index is -4.59. The van der Waals surface area contributed by atoms with Crippen LogP contribution in [0.2, 0.25) is 0 Å². The Bertz CT molecular complexity index is 1410. The third kappa shape index (κ3) is 7.42. The van der Waals surface area contributed by atoms with Crippen molar-refractivity contribution in [3.8, 4) is 5.75 Å². The predicted octanol–water partition coefficient (Wildman–Crippen LogP) is 6.07. The molecule has 1 spiro atoms. The molecule has 2 saturated carbocycles. The first-order valence-corrected chi connectivity index (χ1v) is 16.5. The lowest BCUT2D eigenvalue weighted by atomic mass is 9.78. The molecule has 1 aromatic carbocycles. The molecular formula is C34H47F3N6O3. The fraction of sp³-hybridized carbons (Fsp3) is 0.647. The molecule has 2 aliphatic carbocycles. The van der Waals surface area contributed by atoms with Gasteiger partial charge in [-0.15, -0.1) is 0 Å². The molecule has 0 radical (unpaired) electrons. The Morgan fingerprint density at radius 2 is 1.91 bits per heavy atom. The van der Waals surface area contributed by atoms with E-state index in [0.29, 0.717) is 23.4 Å². The van der Waals surface area contributed by atoms with Gasteiger partial charge in [0, 0.05) is 36.8 Å². The number of anilines is 2. The number of hydrogen-bond donors (Lipinski definition) is 2. The molecule has 3 aliphatic rings. The Morgan fingerprint density at radius 3 is 2.59 bits per heavy atom. The van der Waals surface area contributed by atoms with Gasteiger partial charge in [-0.05, 0) is 94.6 Å². The van der Waals surface area contributed by atoms with Crippen LogP contribution >= 0.6 is 0 Å². The van der Waals surface area contributed by atoms with Crippen LogP contribution in [-0.2, 0) is 17.4 Å². The van der Waals surface area contributed by atoms with Crippen molar-refractivity contribution in [1.82, 2.24) is 25.1 Å². The largest absolute Gasteiger partial charge is 0.495 e. The molecule has 46 heavy (non-hydrogen) atoms. The molecule has 5 rings (SSSR count). The maximum Gasteiger partial charge on any atom is 0.419 e. The van der Waals surface area contributed by atoms with Crippen molar-refractivity contribution >= 4 is 23.5 Å². The van der Waals surface area contributed by atoms with Gasteiger partial charge in [0.2, 0.25) is 11.9 Å². The summed E-state index contributed by atoms with van der Waals surface area (Å²) in [6.45, 7) is 5.64. The highest BCUT2D eigenvalue weighted by atomic mass is 19.4. The van der Waals surface area contributed by atoms with E-state index in [-0.39, 0.29) is 59.2 Å². The monoisotopic (exact) mass is 644 g/mol. The third-order valence-corrected chi connectivity index (χ3v) is 10.3. The van der Waals surface area contributed by atoms with Crippen LogP contribution in [0, 0.1) is 17.3 Å². The van der Waals surface area contributed by atoms with Gasteiger partial charge < -0.3 is 25.2 Å². The molecule has 2 N–H and O–H groups in total. The topological polar surface area (TPSA) is 99.7 Å². The first-order chi connectivity index (χ1) is 21.8. The van der Waals surface area contributed by atoms with Gasteiger partial charge in [-0.3, -0.25) is 9.59 Å². The zero-order chi connectivity index (χ0) is 33.2. The van der Waals surface area contributed by atoms with Crippen molar-refractivity contribution in [3.63, 3.8) is 0 Å². The number of likely N-dealkylation sites (tertiary alicyclic amines) is 1. The molecule has 1 aliphatic heterocycles. The van der Waals surface area contributed by atoms with E-state index >= 15 is 0 Å². The van der Waals surface area contributed by atoms with Crippen LogP contribution in [0.1, 0.15) is 86.8 Å². The summed E-state index contributed by atoms with van der Waals surface area (Å²) in [7, 11) is 5.40. The van der Waals surface area contributed by atoms with E-state index in [1.807, 2.05) is 25.8 Å². The molecule has 252 valence electrons. The third-order valence-electron chi connectivity index (χ3n) is 10.3. The first kappa shape index (κ1) is 33.9. The summed E-state index contributed by atoms with van der Waals surface area (Å²) < 4.78 is 47.7. The number of nitrogens with zero attached hydrogens (tertiary/aromatic N) is 4. The Kier molecular flexibility index (Phi) is 10.1. The van der Waals surface area contributed by atoms with E-state index < -0.39 is 11.7 Å². The van der Waals surface area contributed by atoms with Gasteiger partial charge in [-0.1, -0.05) is 26.7 Å². The number of amides is 2. The first-order valence-electron chi connectivity index (χ1n) is 16.5. The predicted molar refractivity (Wildman–Crippen MR) is 170 cm³/mol. The highest BCUT2D eigenvalue weighted by molar-refractivity contribution is 5.95. The number of carbonyl (C=O) groups is 2. The molecule has 0 bridgehead atoms. The average Bonchev–Trinajstić information content (AvgIpc) is 3.71. The number of halogens is 3. The van der Waals surface area contributed by atoms with Crippen LogP contribution in [-0.4, -0.2) is 78.0 Å². The number of alkyl halides is 3. The molecule has 9 nitrogen and oxygen atoms in total. The molecule has 3 fully saturated rings. The zero-order valence-corrected chi connectivity index (χ0v) is 27.5. The fourth-order valence-corrected chi connectivity index (χ4v) is 7.58. The number of aryl methyl sites for hydroxylation is 1. The second-order valence-electron chi connectivity index (χ2n) is 13.7. The fourth-order valence-electron chi connectivity index (χ4n) is 7.58. The Labute approximate surface area is 269 Å². The minimum Gasteiger partial charge on any atom is -0.495 e. The lowest BCUT2D eigenvalue weighted by molar-refractivity contribution is -0.139. The van der Waals surface area contributed by atoms with Crippen LogP contribution in [0.25, 0.3) is 0 Å². The number of methoxy groups -OCH3 is 1. The number of ether oxygens (including phenoxy) is 1. The van der Waals surface area contributed by atoms with E-state index in [1.54, 1.807) is 18.2 Å². The van der Waals surface area contributed by atoms with Crippen LogP contribution in [0.3, 0.4) is 0 Å². The molecule has 2 amide bonds. The molecule has 1 saturated heterocycles. The zero-order valence-electron chi connectivity index (χ0n) is 27.5. The highest BCUT2D eigenvalue weighted by Crippen LogP contribution is 2.64. The second-order valence-corrected chi connectivity index (χ2v) is 13.7. The maximum atomic E-state index is 14.0. The van der Waals surface area contributed by atoms with E-state index in [0.717, 1.165) is 64.2 Å². The van der Waals surface area contributed by atoms with Crippen molar-refractivity contribution in [2.24, 2.45) is 17.3 Å². The van der Waals surface area contributed by atoms with Gasteiger partial charge >= 0.3 is 6.18 Å². The molecule has 2 heterocycles. The number of carbonyl (C=O) groups excluding carboxylic acids is 2. The van der Waals surface area contributed by atoms with E-state index in [1.165, 1.54) is 7.11 Å². The number of aromatic nitrogens is 2. The van der Waals surface area contributed by atoms with Crippen LogP contribution in [0.15, 0.2) is 24.4 Å². The van der Waals surface area contributed by atoms with Crippen molar-refractivity contribution in [2.75, 3.05) is 39.6 Å². The number of piperidine rings is 1. The summed E-state index contributed by atoms with van der Waals surface area (Å²) in [5.41, 5.74) is -0.0608. The molecule has 2 aromatic rings. The van der Waals surface area contributed by atoms with Gasteiger partial charge in [0.1, 0.15) is 5.75 Å². The smallest absolute Gasteiger partial charge is 0.419 e. The lowest BCUT2D eigenvalue weighted by Crippen LogP contribution is -2.47. The SMILES string of the molecule is COc1cc(C(=O)NC2CCN(C)CC2)ccc1Nc1ncc(C(F)(F)F)c(CC[C@H]2C[C@@]23CCCC[C@H]3N(C)C(=O)C(C)C)n1. The Balaban J connectivity index is 1.29. The maximum absolute atomic E-state index is 14.0. The van der Waals surface area contributed by atoms with Gasteiger partial charge in [-0.2, -0.15) is 13.2 Å². The Hall–Kier alpha value is -3.41. The van der Waals surface area contributed by atoms with E-state index in [9.17, 15) is 22.8 Å². The van der Waals surface area contributed by atoms with Crippen LogP contribution < -0.4 is 15.4 Å². The summed E-state index contributed by atoms with van der Waals surface area (Å²) in [5.74, 6) is 0.423. The minimum absolute atomic E-state index is 0.0214. The van der Waals surface area contributed by atoms with Crippen molar-refractivity contribution in [2.45, 2.75) is 89.9 Å². The number of hydrogen-bond acceptors (Lipinski definition) is 7. The lowest BCUT2D eigenvalue weighted by Gasteiger charge is -2.40. The molecule has 0 unspecified atom stereocenters. The van der Waals surface area contributed by atoms with Gasteiger partial charge in [0.25, 0.3) is 5.91 Å². The molecule has 1 aromatic heterocycles. The van der Waals surface area contributed by atoms with Crippen molar-refractivity contribution in [1.29, 1.82) is 0 Å². The number of nitrogens with one attached hydrogen (secondary N) is 2. The second kappa shape index (κ2) is 13.8. The average molecular weight is 645 g/mol. The van der Waals surface area contributed by atoms with Crippen molar-refractivity contribution < 1.29 is 27.5 Å².